The maximum absolute atomic E-state index is 13.1. The fraction of sp³-hybridized carbons (Fsp3) is 0.450. The standard InChI is InChI=1S/C20H24N2O3S2/c1-15-18-10-14-26-19(18)9-13-22(15)20(23)16-7-11-21(12-8-16)27(24,25)17-5-3-2-4-6-17/h2-6,10,14-16H,7-9,11-13H2,1H3/t15-/m0/s1. The van der Waals surface area contributed by atoms with Gasteiger partial charge in [-0.05, 0) is 55.3 Å². The third-order valence-corrected chi connectivity index (χ3v) is 8.65. The fourth-order valence-corrected chi connectivity index (χ4v) is 6.58. The van der Waals surface area contributed by atoms with E-state index in [-0.39, 0.29) is 17.9 Å². The van der Waals surface area contributed by atoms with Gasteiger partial charge in [0.25, 0.3) is 0 Å². The first-order valence-corrected chi connectivity index (χ1v) is 11.7. The summed E-state index contributed by atoms with van der Waals surface area (Å²) in [5, 5.41) is 2.10. The third-order valence-electron chi connectivity index (χ3n) is 5.74. The van der Waals surface area contributed by atoms with Gasteiger partial charge in [-0.2, -0.15) is 4.31 Å². The highest BCUT2D eigenvalue weighted by atomic mass is 32.2. The molecule has 1 fully saturated rings. The first kappa shape index (κ1) is 18.7. The van der Waals surface area contributed by atoms with Crippen LogP contribution < -0.4 is 0 Å². The molecule has 2 aliphatic rings. The Morgan fingerprint density at radius 1 is 1.07 bits per heavy atom. The van der Waals surface area contributed by atoms with Crippen LogP contribution in [0.2, 0.25) is 0 Å². The number of fused-ring (bicyclic) bond motifs is 1. The van der Waals surface area contributed by atoms with Crippen LogP contribution >= 0.6 is 11.3 Å². The van der Waals surface area contributed by atoms with Crippen LogP contribution in [0.25, 0.3) is 0 Å². The molecule has 0 N–H and O–H groups in total. The molecule has 7 heteroatoms. The van der Waals surface area contributed by atoms with Gasteiger partial charge in [-0.3, -0.25) is 4.79 Å². The quantitative estimate of drug-likeness (QED) is 0.789. The second-order valence-electron chi connectivity index (χ2n) is 7.25. The van der Waals surface area contributed by atoms with Crippen LogP contribution in [-0.4, -0.2) is 43.2 Å². The smallest absolute Gasteiger partial charge is 0.243 e. The lowest BCUT2D eigenvalue weighted by molar-refractivity contribution is -0.139. The van der Waals surface area contributed by atoms with Crippen molar-refractivity contribution in [2.45, 2.75) is 37.1 Å². The molecule has 2 aliphatic heterocycles. The van der Waals surface area contributed by atoms with E-state index in [0.29, 0.717) is 30.8 Å². The van der Waals surface area contributed by atoms with E-state index in [4.69, 9.17) is 0 Å². The maximum atomic E-state index is 13.1. The Kier molecular flexibility index (Phi) is 5.09. The maximum Gasteiger partial charge on any atom is 0.243 e. The molecule has 0 unspecified atom stereocenters. The van der Waals surface area contributed by atoms with Crippen molar-refractivity contribution in [3.05, 3.63) is 52.2 Å². The number of thiophene rings is 1. The molecule has 5 nitrogen and oxygen atoms in total. The largest absolute Gasteiger partial charge is 0.335 e. The molecule has 1 saturated heterocycles. The number of hydrogen-bond donors (Lipinski definition) is 0. The molecule has 4 rings (SSSR count). The van der Waals surface area contributed by atoms with E-state index in [2.05, 4.69) is 18.4 Å². The van der Waals surface area contributed by atoms with E-state index in [1.54, 1.807) is 35.6 Å². The van der Waals surface area contributed by atoms with Gasteiger partial charge in [-0.25, -0.2) is 8.42 Å². The average molecular weight is 405 g/mol. The van der Waals surface area contributed by atoms with Crippen molar-refractivity contribution in [3.8, 4) is 0 Å². The van der Waals surface area contributed by atoms with Crippen molar-refractivity contribution in [2.75, 3.05) is 19.6 Å². The van der Waals surface area contributed by atoms with Crippen molar-refractivity contribution >= 4 is 27.3 Å². The molecule has 27 heavy (non-hydrogen) atoms. The molecule has 1 amide bonds. The van der Waals surface area contributed by atoms with E-state index < -0.39 is 10.0 Å². The highest BCUT2D eigenvalue weighted by Gasteiger charge is 2.36. The zero-order chi connectivity index (χ0) is 19.0. The number of amides is 1. The van der Waals surface area contributed by atoms with Crippen molar-refractivity contribution in [1.29, 1.82) is 0 Å². The molecule has 0 spiro atoms. The van der Waals surface area contributed by atoms with Gasteiger partial charge in [0, 0.05) is 30.4 Å². The first-order valence-electron chi connectivity index (χ1n) is 9.40. The number of benzene rings is 1. The van der Waals surface area contributed by atoms with E-state index >= 15 is 0 Å². The van der Waals surface area contributed by atoms with Gasteiger partial charge in [0.1, 0.15) is 0 Å². The lowest BCUT2D eigenvalue weighted by atomic mass is 9.93. The van der Waals surface area contributed by atoms with Gasteiger partial charge in [-0.15, -0.1) is 11.3 Å². The minimum absolute atomic E-state index is 0.0881. The van der Waals surface area contributed by atoms with Crippen LogP contribution in [0, 0.1) is 5.92 Å². The van der Waals surface area contributed by atoms with Gasteiger partial charge in [0.2, 0.25) is 15.9 Å². The Hall–Kier alpha value is -1.70. The van der Waals surface area contributed by atoms with E-state index in [1.165, 1.54) is 14.7 Å². The summed E-state index contributed by atoms with van der Waals surface area (Å²) in [6, 6.07) is 10.8. The number of sulfonamides is 1. The molecule has 1 aromatic carbocycles. The Balaban J connectivity index is 1.42. The van der Waals surface area contributed by atoms with E-state index in [0.717, 1.165) is 13.0 Å². The van der Waals surface area contributed by atoms with Gasteiger partial charge in [-0.1, -0.05) is 18.2 Å². The molecule has 1 atom stereocenters. The van der Waals surface area contributed by atoms with Crippen LogP contribution in [0.3, 0.4) is 0 Å². The second-order valence-corrected chi connectivity index (χ2v) is 10.2. The highest BCUT2D eigenvalue weighted by molar-refractivity contribution is 7.89. The summed E-state index contributed by atoms with van der Waals surface area (Å²) in [7, 11) is -3.47. The molecule has 0 bridgehead atoms. The number of hydrogen-bond acceptors (Lipinski definition) is 4. The number of carbonyl (C=O) groups excluding carboxylic acids is 1. The molecule has 0 saturated carbocycles. The zero-order valence-electron chi connectivity index (χ0n) is 15.4. The first-order chi connectivity index (χ1) is 13.0. The number of carbonyl (C=O) groups is 1. The molecule has 2 aromatic rings. The van der Waals surface area contributed by atoms with E-state index in [9.17, 15) is 13.2 Å². The molecule has 144 valence electrons. The van der Waals surface area contributed by atoms with Crippen LogP contribution in [0.4, 0.5) is 0 Å². The summed E-state index contributed by atoms with van der Waals surface area (Å²) < 4.78 is 27.0. The fourth-order valence-electron chi connectivity index (χ4n) is 4.13. The lowest BCUT2D eigenvalue weighted by Gasteiger charge is -2.38. The Labute approximate surface area is 164 Å². The topological polar surface area (TPSA) is 57.7 Å². The SMILES string of the molecule is C[C@H]1c2ccsc2CCN1C(=O)C1CCN(S(=O)(=O)c2ccccc2)CC1. The van der Waals surface area contributed by atoms with Crippen molar-refractivity contribution in [3.63, 3.8) is 0 Å². The van der Waals surface area contributed by atoms with Gasteiger partial charge < -0.3 is 4.90 Å². The normalized spacial score (nSPS) is 21.8. The van der Waals surface area contributed by atoms with Crippen molar-refractivity contribution in [1.82, 2.24) is 9.21 Å². The number of nitrogens with zero attached hydrogens (tertiary/aromatic N) is 2. The van der Waals surface area contributed by atoms with Gasteiger partial charge in [0.15, 0.2) is 0 Å². The summed E-state index contributed by atoms with van der Waals surface area (Å²) in [5.74, 6) is 0.0889. The zero-order valence-corrected chi connectivity index (χ0v) is 17.0. The average Bonchev–Trinajstić information content (AvgIpc) is 3.18. The minimum atomic E-state index is -3.47. The van der Waals surface area contributed by atoms with Gasteiger partial charge >= 0.3 is 0 Å². The predicted octanol–water partition coefficient (Wildman–Crippen LogP) is 3.29. The van der Waals surface area contributed by atoms with Crippen LogP contribution in [0.5, 0.6) is 0 Å². The number of rotatable bonds is 3. The van der Waals surface area contributed by atoms with Crippen molar-refractivity contribution < 1.29 is 13.2 Å². The highest BCUT2D eigenvalue weighted by Crippen LogP contribution is 2.35. The second kappa shape index (κ2) is 7.37. The third kappa shape index (κ3) is 3.44. The minimum Gasteiger partial charge on any atom is -0.335 e. The predicted molar refractivity (Wildman–Crippen MR) is 106 cm³/mol. The Bertz CT molecular complexity index is 916. The number of piperidine rings is 1. The summed E-state index contributed by atoms with van der Waals surface area (Å²) in [6.07, 6.45) is 2.10. The summed E-state index contributed by atoms with van der Waals surface area (Å²) in [4.78, 5) is 16.8. The molecule has 0 aliphatic carbocycles. The Morgan fingerprint density at radius 3 is 2.48 bits per heavy atom. The van der Waals surface area contributed by atoms with Crippen molar-refractivity contribution in [2.24, 2.45) is 5.92 Å². The molecule has 0 radical (unpaired) electrons. The van der Waals surface area contributed by atoms with E-state index in [1.807, 2.05) is 11.0 Å². The Morgan fingerprint density at radius 2 is 1.78 bits per heavy atom. The molecular formula is C20H24N2O3S2. The monoisotopic (exact) mass is 404 g/mol. The van der Waals surface area contributed by atoms with Crippen LogP contribution in [0.15, 0.2) is 46.7 Å². The summed E-state index contributed by atoms with van der Waals surface area (Å²) in [5.41, 5.74) is 1.27. The molecule has 1 aromatic heterocycles. The van der Waals surface area contributed by atoms with Gasteiger partial charge in [0.05, 0.1) is 10.9 Å². The summed E-state index contributed by atoms with van der Waals surface area (Å²) in [6.45, 7) is 3.66. The molecule has 3 heterocycles. The summed E-state index contributed by atoms with van der Waals surface area (Å²) >= 11 is 1.77. The van der Waals surface area contributed by atoms with Crippen LogP contribution in [0.1, 0.15) is 36.2 Å². The van der Waals surface area contributed by atoms with Crippen LogP contribution in [-0.2, 0) is 21.2 Å². The lowest BCUT2D eigenvalue weighted by Crippen LogP contribution is -2.46. The molecular weight excluding hydrogens is 380 g/mol.